The number of hydrogen-bond donors (Lipinski definition) is 0. The van der Waals surface area contributed by atoms with Crippen LogP contribution < -0.4 is 0 Å². The summed E-state index contributed by atoms with van der Waals surface area (Å²) in [7, 11) is 0. The molecular weight excluding hydrogens is 184 g/mol. The lowest BCUT2D eigenvalue weighted by Crippen LogP contribution is -2.44. The van der Waals surface area contributed by atoms with Gasteiger partial charge in [0.1, 0.15) is 0 Å². The monoisotopic (exact) mass is 212 g/mol. The highest BCUT2D eigenvalue weighted by Crippen LogP contribution is 2.39. The van der Waals surface area contributed by atoms with Crippen molar-refractivity contribution in [1.29, 1.82) is 0 Å². The lowest BCUT2D eigenvalue weighted by Gasteiger charge is -2.44. The van der Waals surface area contributed by atoms with E-state index >= 15 is 0 Å². The first-order valence-electron chi connectivity index (χ1n) is 6.64. The zero-order chi connectivity index (χ0) is 11.5. The third-order valence-corrected chi connectivity index (χ3v) is 4.01. The highest BCUT2D eigenvalue weighted by molar-refractivity contribution is 4.88. The van der Waals surface area contributed by atoms with Crippen LogP contribution in [0.2, 0.25) is 0 Å². The molecule has 0 saturated carbocycles. The zero-order valence-corrected chi connectivity index (χ0v) is 11.2. The summed E-state index contributed by atoms with van der Waals surface area (Å²) in [5.41, 5.74) is 0.178. The molecule has 1 nitrogen and oxygen atoms in total. The SMILES string of the molecule is CCC1(C(C)C)CC(CC(C)C)CCO1. The predicted molar refractivity (Wildman–Crippen MR) is 66.0 cm³/mol. The van der Waals surface area contributed by atoms with Crippen LogP contribution in [0, 0.1) is 17.8 Å². The second-order valence-corrected chi connectivity index (χ2v) is 5.91. The van der Waals surface area contributed by atoms with Crippen LogP contribution in [-0.4, -0.2) is 12.2 Å². The summed E-state index contributed by atoms with van der Waals surface area (Å²) >= 11 is 0. The molecule has 0 aromatic heterocycles. The normalized spacial score (nSPS) is 32.6. The molecule has 0 aromatic rings. The Morgan fingerprint density at radius 3 is 2.40 bits per heavy atom. The summed E-state index contributed by atoms with van der Waals surface area (Å²) < 4.78 is 6.09. The average molecular weight is 212 g/mol. The first-order chi connectivity index (χ1) is 7.00. The van der Waals surface area contributed by atoms with Crippen molar-refractivity contribution in [2.45, 2.75) is 65.9 Å². The molecule has 0 bridgehead atoms. The molecule has 1 heterocycles. The van der Waals surface area contributed by atoms with E-state index < -0.39 is 0 Å². The molecule has 1 saturated heterocycles. The van der Waals surface area contributed by atoms with E-state index in [1.807, 2.05) is 0 Å². The molecule has 90 valence electrons. The van der Waals surface area contributed by atoms with Crippen LogP contribution in [0.25, 0.3) is 0 Å². The summed E-state index contributed by atoms with van der Waals surface area (Å²) in [6.07, 6.45) is 5.09. The van der Waals surface area contributed by atoms with Crippen LogP contribution in [-0.2, 0) is 4.74 Å². The Hall–Kier alpha value is -0.0400. The first-order valence-corrected chi connectivity index (χ1v) is 6.64. The maximum absolute atomic E-state index is 6.09. The van der Waals surface area contributed by atoms with Crippen LogP contribution in [0.1, 0.15) is 60.3 Å². The van der Waals surface area contributed by atoms with Gasteiger partial charge in [-0.05, 0) is 43.4 Å². The number of ether oxygens (including phenoxy) is 1. The molecule has 1 aliphatic heterocycles. The van der Waals surface area contributed by atoms with Crippen LogP contribution in [0.4, 0.5) is 0 Å². The van der Waals surface area contributed by atoms with E-state index in [1.165, 1.54) is 25.7 Å². The fraction of sp³-hybridized carbons (Fsp3) is 1.00. The van der Waals surface area contributed by atoms with Gasteiger partial charge in [-0.15, -0.1) is 0 Å². The topological polar surface area (TPSA) is 9.23 Å². The van der Waals surface area contributed by atoms with Gasteiger partial charge in [-0.3, -0.25) is 0 Å². The Labute approximate surface area is 95.6 Å². The molecule has 0 spiro atoms. The van der Waals surface area contributed by atoms with Gasteiger partial charge in [0.25, 0.3) is 0 Å². The maximum Gasteiger partial charge on any atom is 0.0705 e. The van der Waals surface area contributed by atoms with E-state index in [4.69, 9.17) is 4.74 Å². The fourth-order valence-electron chi connectivity index (χ4n) is 3.00. The van der Waals surface area contributed by atoms with E-state index in [0.717, 1.165) is 18.4 Å². The summed E-state index contributed by atoms with van der Waals surface area (Å²) in [4.78, 5) is 0. The van der Waals surface area contributed by atoms with Crippen LogP contribution >= 0.6 is 0 Å². The number of rotatable bonds is 4. The van der Waals surface area contributed by atoms with E-state index in [9.17, 15) is 0 Å². The van der Waals surface area contributed by atoms with Gasteiger partial charge in [-0.25, -0.2) is 0 Å². The lowest BCUT2D eigenvalue weighted by atomic mass is 9.75. The summed E-state index contributed by atoms with van der Waals surface area (Å²) in [6, 6.07) is 0. The number of hydrogen-bond acceptors (Lipinski definition) is 1. The molecule has 2 unspecified atom stereocenters. The van der Waals surface area contributed by atoms with Gasteiger partial charge in [-0.1, -0.05) is 34.6 Å². The van der Waals surface area contributed by atoms with Crippen molar-refractivity contribution in [3.05, 3.63) is 0 Å². The van der Waals surface area contributed by atoms with Gasteiger partial charge < -0.3 is 4.74 Å². The molecule has 0 N–H and O–H groups in total. The van der Waals surface area contributed by atoms with Gasteiger partial charge in [0.2, 0.25) is 0 Å². The lowest BCUT2D eigenvalue weighted by molar-refractivity contribution is -0.129. The van der Waals surface area contributed by atoms with Crippen LogP contribution in [0.15, 0.2) is 0 Å². The van der Waals surface area contributed by atoms with Crippen LogP contribution in [0.3, 0.4) is 0 Å². The van der Waals surface area contributed by atoms with E-state index in [-0.39, 0.29) is 5.60 Å². The Kier molecular flexibility index (Phi) is 4.64. The highest BCUT2D eigenvalue weighted by atomic mass is 16.5. The Morgan fingerprint density at radius 2 is 1.93 bits per heavy atom. The second kappa shape index (κ2) is 5.34. The van der Waals surface area contributed by atoms with Crippen LogP contribution in [0.5, 0.6) is 0 Å². The molecule has 1 rings (SSSR count). The third-order valence-electron chi connectivity index (χ3n) is 4.01. The van der Waals surface area contributed by atoms with E-state index in [0.29, 0.717) is 5.92 Å². The molecule has 1 fully saturated rings. The Balaban J connectivity index is 2.60. The highest BCUT2D eigenvalue weighted by Gasteiger charge is 2.38. The minimum absolute atomic E-state index is 0.178. The zero-order valence-electron chi connectivity index (χ0n) is 11.2. The predicted octanol–water partition coefficient (Wildman–Crippen LogP) is 4.26. The Bertz CT molecular complexity index is 186. The quantitative estimate of drug-likeness (QED) is 0.676. The van der Waals surface area contributed by atoms with E-state index in [2.05, 4.69) is 34.6 Å². The minimum Gasteiger partial charge on any atom is -0.375 e. The fourth-order valence-corrected chi connectivity index (χ4v) is 3.00. The van der Waals surface area contributed by atoms with Crippen molar-refractivity contribution in [1.82, 2.24) is 0 Å². The van der Waals surface area contributed by atoms with Gasteiger partial charge in [0.05, 0.1) is 5.60 Å². The van der Waals surface area contributed by atoms with Crippen molar-refractivity contribution in [3.8, 4) is 0 Å². The van der Waals surface area contributed by atoms with Crippen molar-refractivity contribution < 1.29 is 4.74 Å². The van der Waals surface area contributed by atoms with Gasteiger partial charge in [0, 0.05) is 6.61 Å². The molecule has 0 aromatic carbocycles. The molecule has 15 heavy (non-hydrogen) atoms. The van der Waals surface area contributed by atoms with Crippen molar-refractivity contribution in [2.75, 3.05) is 6.61 Å². The van der Waals surface area contributed by atoms with Crippen molar-refractivity contribution in [2.24, 2.45) is 17.8 Å². The molecular formula is C14H28O. The summed E-state index contributed by atoms with van der Waals surface area (Å²) in [5.74, 6) is 2.37. The van der Waals surface area contributed by atoms with Crippen molar-refractivity contribution >= 4 is 0 Å². The molecule has 0 radical (unpaired) electrons. The Morgan fingerprint density at radius 1 is 1.27 bits per heavy atom. The molecule has 0 amide bonds. The third kappa shape index (κ3) is 3.21. The first kappa shape index (κ1) is 13.0. The maximum atomic E-state index is 6.09. The molecule has 2 atom stereocenters. The van der Waals surface area contributed by atoms with Gasteiger partial charge in [-0.2, -0.15) is 0 Å². The summed E-state index contributed by atoms with van der Waals surface area (Å²) in [6.45, 7) is 12.5. The van der Waals surface area contributed by atoms with Crippen molar-refractivity contribution in [3.63, 3.8) is 0 Å². The molecule has 0 aliphatic carbocycles. The average Bonchev–Trinajstić information content (AvgIpc) is 2.16. The van der Waals surface area contributed by atoms with E-state index in [1.54, 1.807) is 0 Å². The van der Waals surface area contributed by atoms with Gasteiger partial charge >= 0.3 is 0 Å². The molecule has 1 aliphatic rings. The van der Waals surface area contributed by atoms with Gasteiger partial charge in [0.15, 0.2) is 0 Å². The largest absolute Gasteiger partial charge is 0.375 e. The summed E-state index contributed by atoms with van der Waals surface area (Å²) in [5, 5.41) is 0. The second-order valence-electron chi connectivity index (χ2n) is 5.91. The standard InChI is InChI=1S/C14H28O/c1-6-14(12(4)5)10-13(7-8-15-14)9-11(2)3/h11-13H,6-10H2,1-5H3. The molecule has 1 heteroatoms. The minimum atomic E-state index is 0.178. The smallest absolute Gasteiger partial charge is 0.0705 e.